The summed E-state index contributed by atoms with van der Waals surface area (Å²) >= 11 is 15.8. The van der Waals surface area contributed by atoms with Crippen molar-refractivity contribution < 1.29 is 14.3 Å². The van der Waals surface area contributed by atoms with E-state index in [1.807, 2.05) is 31.2 Å². The van der Waals surface area contributed by atoms with Crippen LogP contribution in [0.25, 0.3) is 0 Å². The summed E-state index contributed by atoms with van der Waals surface area (Å²) in [5.41, 5.74) is 1.97. The third-order valence-corrected chi connectivity index (χ3v) is 7.79. The largest absolute Gasteiger partial charge is 0.483 e. The van der Waals surface area contributed by atoms with E-state index in [2.05, 4.69) is 28.2 Å². The first kappa shape index (κ1) is 27.8. The fourth-order valence-electron chi connectivity index (χ4n) is 4.40. The van der Waals surface area contributed by atoms with Crippen molar-refractivity contribution in [2.45, 2.75) is 77.4 Å². The Balaban J connectivity index is 1.78. The highest BCUT2D eigenvalue weighted by molar-refractivity contribution is 9.10. The number of carbonyl (C=O) groups excluding carboxylic acids is 2. The summed E-state index contributed by atoms with van der Waals surface area (Å²) < 4.78 is 6.66. The van der Waals surface area contributed by atoms with Gasteiger partial charge in [-0.05, 0) is 77.0 Å². The van der Waals surface area contributed by atoms with Crippen molar-refractivity contribution in [1.82, 2.24) is 10.2 Å². The van der Waals surface area contributed by atoms with Gasteiger partial charge in [0, 0.05) is 12.6 Å². The van der Waals surface area contributed by atoms with Crippen molar-refractivity contribution in [1.29, 1.82) is 0 Å². The van der Waals surface area contributed by atoms with Gasteiger partial charge >= 0.3 is 0 Å². The molecule has 2 amide bonds. The number of rotatable bonds is 10. The molecule has 0 spiro atoms. The topological polar surface area (TPSA) is 58.6 Å². The van der Waals surface area contributed by atoms with E-state index in [-0.39, 0.29) is 31.0 Å². The number of hydrogen-bond acceptors (Lipinski definition) is 3. The van der Waals surface area contributed by atoms with Crippen molar-refractivity contribution in [2.75, 3.05) is 6.61 Å². The van der Waals surface area contributed by atoms with Crippen LogP contribution < -0.4 is 10.1 Å². The highest BCUT2D eigenvalue weighted by Crippen LogP contribution is 2.27. The normalized spacial score (nSPS) is 14.9. The van der Waals surface area contributed by atoms with Gasteiger partial charge in [-0.15, -0.1) is 0 Å². The number of carbonyl (C=O) groups is 2. The maximum Gasteiger partial charge on any atom is 0.261 e. The Bertz CT molecular complexity index is 1030. The van der Waals surface area contributed by atoms with Crippen molar-refractivity contribution in [3.05, 3.63) is 62.0 Å². The van der Waals surface area contributed by atoms with Crippen LogP contribution in [0.5, 0.6) is 5.75 Å². The van der Waals surface area contributed by atoms with E-state index in [1.54, 1.807) is 17.0 Å². The molecule has 1 fully saturated rings. The van der Waals surface area contributed by atoms with Crippen molar-refractivity contribution >= 4 is 50.9 Å². The molecule has 0 bridgehead atoms. The molecule has 8 heteroatoms. The van der Waals surface area contributed by atoms with Gasteiger partial charge in [0.2, 0.25) is 5.91 Å². The van der Waals surface area contributed by atoms with E-state index in [9.17, 15) is 9.59 Å². The maximum atomic E-state index is 13.5. The summed E-state index contributed by atoms with van der Waals surface area (Å²) in [7, 11) is 0. The van der Waals surface area contributed by atoms with Crippen LogP contribution in [0.1, 0.15) is 63.5 Å². The molecule has 1 saturated carbocycles. The molecule has 0 aromatic heterocycles. The molecule has 1 aliphatic rings. The monoisotopic (exact) mass is 582 g/mol. The molecular formula is C27H33BrCl2N2O3. The van der Waals surface area contributed by atoms with E-state index in [0.29, 0.717) is 22.2 Å². The highest BCUT2D eigenvalue weighted by Gasteiger charge is 2.30. The molecule has 5 nitrogen and oxygen atoms in total. The minimum Gasteiger partial charge on any atom is -0.483 e. The number of ether oxygens (including phenoxy) is 1. The van der Waals surface area contributed by atoms with Gasteiger partial charge in [0.05, 0.1) is 14.5 Å². The van der Waals surface area contributed by atoms with Gasteiger partial charge in [-0.1, -0.05) is 68.4 Å². The maximum absolute atomic E-state index is 13.5. The second-order valence-electron chi connectivity index (χ2n) is 8.94. The lowest BCUT2D eigenvalue weighted by Gasteiger charge is -2.32. The molecule has 0 unspecified atom stereocenters. The molecule has 1 aliphatic carbocycles. The second kappa shape index (κ2) is 13.5. The summed E-state index contributed by atoms with van der Waals surface area (Å²) in [5, 5.41) is 4.03. The van der Waals surface area contributed by atoms with Gasteiger partial charge in [-0.3, -0.25) is 9.59 Å². The smallest absolute Gasteiger partial charge is 0.261 e. The third kappa shape index (κ3) is 7.86. The number of hydrogen-bond donors (Lipinski definition) is 1. The molecule has 3 rings (SSSR count). The van der Waals surface area contributed by atoms with Crippen LogP contribution in [0.4, 0.5) is 0 Å². The zero-order valence-electron chi connectivity index (χ0n) is 20.3. The van der Waals surface area contributed by atoms with E-state index in [0.717, 1.165) is 42.1 Å². The number of nitrogens with one attached hydrogen (secondary N) is 1. The van der Waals surface area contributed by atoms with Crippen molar-refractivity contribution in [2.24, 2.45) is 0 Å². The predicted molar refractivity (Wildman–Crippen MR) is 145 cm³/mol. The van der Waals surface area contributed by atoms with Crippen LogP contribution in [0.2, 0.25) is 10.0 Å². The molecule has 0 heterocycles. The second-order valence-corrected chi connectivity index (χ2v) is 10.6. The lowest BCUT2D eigenvalue weighted by molar-refractivity contribution is -0.143. The first-order valence-corrected chi connectivity index (χ1v) is 13.8. The van der Waals surface area contributed by atoms with Crippen LogP contribution in [-0.4, -0.2) is 35.4 Å². The molecule has 1 N–H and O–H groups in total. The average Bonchev–Trinajstić information content (AvgIpc) is 2.85. The zero-order chi connectivity index (χ0) is 25.4. The highest BCUT2D eigenvalue weighted by atomic mass is 79.9. The Morgan fingerprint density at radius 2 is 1.77 bits per heavy atom. The van der Waals surface area contributed by atoms with Gasteiger partial charge in [0.25, 0.3) is 5.91 Å². The van der Waals surface area contributed by atoms with E-state index in [4.69, 9.17) is 27.9 Å². The van der Waals surface area contributed by atoms with Crippen LogP contribution in [0.15, 0.2) is 40.9 Å². The van der Waals surface area contributed by atoms with Crippen LogP contribution in [0.3, 0.4) is 0 Å². The molecule has 35 heavy (non-hydrogen) atoms. The number of aryl methyl sites for hydroxylation is 1. The molecule has 0 saturated heterocycles. The Morgan fingerprint density at radius 1 is 1.06 bits per heavy atom. The number of benzene rings is 2. The Morgan fingerprint density at radius 3 is 2.40 bits per heavy atom. The molecule has 190 valence electrons. The summed E-state index contributed by atoms with van der Waals surface area (Å²) in [5.74, 6) is 0.194. The van der Waals surface area contributed by atoms with Crippen molar-refractivity contribution in [3.8, 4) is 5.75 Å². The lowest BCUT2D eigenvalue weighted by atomic mass is 9.95. The predicted octanol–water partition coefficient (Wildman–Crippen LogP) is 6.95. The Kier molecular flexibility index (Phi) is 10.7. The van der Waals surface area contributed by atoms with Gasteiger partial charge < -0.3 is 15.0 Å². The first-order chi connectivity index (χ1) is 16.8. The molecule has 2 aromatic rings. The molecular weight excluding hydrogens is 551 g/mol. The van der Waals surface area contributed by atoms with Crippen LogP contribution in [-0.2, 0) is 22.6 Å². The van der Waals surface area contributed by atoms with E-state index >= 15 is 0 Å². The van der Waals surface area contributed by atoms with Gasteiger partial charge in [-0.25, -0.2) is 0 Å². The van der Waals surface area contributed by atoms with Crippen LogP contribution >= 0.6 is 39.1 Å². The lowest BCUT2D eigenvalue weighted by Crippen LogP contribution is -2.52. The third-order valence-electron chi connectivity index (χ3n) is 6.43. The van der Waals surface area contributed by atoms with Gasteiger partial charge in [0.1, 0.15) is 11.8 Å². The molecule has 2 aromatic carbocycles. The summed E-state index contributed by atoms with van der Waals surface area (Å²) in [6, 6.07) is 10.6. The number of amides is 2. The fraction of sp³-hybridized carbons (Fsp3) is 0.481. The first-order valence-electron chi connectivity index (χ1n) is 12.3. The molecule has 0 aliphatic heterocycles. The minimum atomic E-state index is -0.617. The molecule has 0 radical (unpaired) electrons. The minimum absolute atomic E-state index is 0.124. The van der Waals surface area contributed by atoms with Gasteiger partial charge in [-0.2, -0.15) is 0 Å². The standard InChI is InChI=1S/C27H33BrCl2N2O3/c1-3-18-11-13-25(21(28)14-18)35-17-26(33)32(16-19-10-12-22(29)23(30)15-19)24(4-2)27(34)31-20-8-6-5-7-9-20/h10-15,20,24H,3-9,16-17H2,1-2H3,(H,31,34)/t24-/m0/s1. The summed E-state index contributed by atoms with van der Waals surface area (Å²) in [6.07, 6.45) is 6.80. The SMILES string of the molecule is CCc1ccc(OCC(=O)N(Cc2ccc(Cl)c(Cl)c2)[C@@H](CC)C(=O)NC2CCCCC2)c(Br)c1. The molecule has 1 atom stereocenters. The van der Waals surface area contributed by atoms with E-state index < -0.39 is 6.04 Å². The van der Waals surface area contributed by atoms with Gasteiger partial charge in [0.15, 0.2) is 6.61 Å². The van der Waals surface area contributed by atoms with E-state index in [1.165, 1.54) is 12.0 Å². The summed E-state index contributed by atoms with van der Waals surface area (Å²) in [4.78, 5) is 28.3. The fourth-order valence-corrected chi connectivity index (χ4v) is 5.26. The summed E-state index contributed by atoms with van der Waals surface area (Å²) in [6.45, 7) is 4.04. The quantitative estimate of drug-likeness (QED) is 0.329. The average molecular weight is 584 g/mol. The van der Waals surface area contributed by atoms with Crippen LogP contribution in [0, 0.1) is 0 Å². The Labute approximate surface area is 226 Å². The Hall–Kier alpha value is -1.76. The number of halogens is 3. The number of nitrogens with zero attached hydrogens (tertiary/aromatic N) is 1. The zero-order valence-corrected chi connectivity index (χ0v) is 23.4. The van der Waals surface area contributed by atoms with Crippen molar-refractivity contribution in [3.63, 3.8) is 0 Å².